The highest BCUT2D eigenvalue weighted by Gasteiger charge is 2.70. The Kier molecular flexibility index (Phi) is 1.73. The summed E-state index contributed by atoms with van der Waals surface area (Å²) in [5.41, 5.74) is -0.0475. The van der Waals surface area contributed by atoms with Crippen molar-refractivity contribution in [3.05, 3.63) is 0 Å². The van der Waals surface area contributed by atoms with Crippen LogP contribution in [-0.4, -0.2) is 17.9 Å². The highest BCUT2D eigenvalue weighted by atomic mass is 16.6. The van der Waals surface area contributed by atoms with Crippen LogP contribution in [0.1, 0.15) is 40.0 Å². The molecule has 2 saturated carbocycles. The summed E-state index contributed by atoms with van der Waals surface area (Å²) in [6, 6.07) is 0. The second-order valence-electron chi connectivity index (χ2n) is 6.38. The number of hydrogen-bond acceptors (Lipinski definition) is 3. The monoisotopic (exact) mass is 222 g/mol. The molecule has 3 fully saturated rings. The first-order chi connectivity index (χ1) is 7.38. The van der Waals surface area contributed by atoms with Gasteiger partial charge >= 0.3 is 5.97 Å². The van der Waals surface area contributed by atoms with Gasteiger partial charge in [-0.1, -0.05) is 13.8 Å². The molecule has 1 heterocycles. The number of carbonyl (C=O) groups is 2. The van der Waals surface area contributed by atoms with Gasteiger partial charge in [-0.15, -0.1) is 0 Å². The van der Waals surface area contributed by atoms with Crippen molar-refractivity contribution < 1.29 is 14.3 Å². The Hall–Kier alpha value is -0.860. The fourth-order valence-corrected chi connectivity index (χ4v) is 4.50. The third-order valence-corrected chi connectivity index (χ3v) is 5.28. The van der Waals surface area contributed by atoms with E-state index in [0.29, 0.717) is 0 Å². The smallest absolute Gasteiger partial charge is 0.310 e. The molecule has 0 aromatic heterocycles. The molecule has 3 rings (SSSR count). The molecule has 5 atom stereocenters. The Labute approximate surface area is 95.5 Å². The number of ether oxygens (including phenoxy) is 1. The molecule has 16 heavy (non-hydrogen) atoms. The van der Waals surface area contributed by atoms with Crippen LogP contribution < -0.4 is 0 Å². The molecule has 0 amide bonds. The molecule has 1 saturated heterocycles. The fourth-order valence-electron chi connectivity index (χ4n) is 4.50. The fraction of sp³-hybridized carbons (Fsp3) is 0.846. The van der Waals surface area contributed by atoms with Gasteiger partial charge in [0.25, 0.3) is 0 Å². The largest absolute Gasteiger partial charge is 0.461 e. The van der Waals surface area contributed by atoms with Crippen molar-refractivity contribution in [2.45, 2.75) is 46.1 Å². The van der Waals surface area contributed by atoms with Gasteiger partial charge in [-0.05, 0) is 26.2 Å². The number of Topliss-reactive ketones (excluding diaryl/α,β-unsaturated/α-hetero) is 1. The Morgan fingerprint density at radius 1 is 1.38 bits per heavy atom. The number of esters is 1. The van der Waals surface area contributed by atoms with Gasteiger partial charge in [0, 0.05) is 16.7 Å². The maximum Gasteiger partial charge on any atom is 0.310 e. The lowest BCUT2D eigenvalue weighted by Gasteiger charge is -2.42. The summed E-state index contributed by atoms with van der Waals surface area (Å²) >= 11 is 0. The molecular formula is C13H18O3. The quantitative estimate of drug-likeness (QED) is 0.637. The van der Waals surface area contributed by atoms with Crippen LogP contribution in [0.2, 0.25) is 0 Å². The molecule has 0 spiro atoms. The average Bonchev–Trinajstić information content (AvgIpc) is 2.48. The van der Waals surface area contributed by atoms with Crippen LogP contribution in [0, 0.1) is 22.7 Å². The number of rotatable bonds is 1. The predicted molar refractivity (Wildman–Crippen MR) is 57.6 cm³/mol. The first-order valence-corrected chi connectivity index (χ1v) is 6.09. The predicted octanol–water partition coefficient (Wildman–Crippen LogP) is 1.94. The van der Waals surface area contributed by atoms with Crippen molar-refractivity contribution in [1.82, 2.24) is 0 Å². The summed E-state index contributed by atoms with van der Waals surface area (Å²) in [6.07, 6.45) is 2.99. The molecule has 0 radical (unpaired) electrons. The van der Waals surface area contributed by atoms with E-state index in [1.165, 1.54) is 0 Å². The van der Waals surface area contributed by atoms with E-state index in [9.17, 15) is 9.59 Å². The highest BCUT2D eigenvalue weighted by molar-refractivity contribution is 5.88. The van der Waals surface area contributed by atoms with Gasteiger partial charge in [-0.3, -0.25) is 9.59 Å². The molecular weight excluding hydrogens is 204 g/mol. The van der Waals surface area contributed by atoms with E-state index >= 15 is 0 Å². The first-order valence-electron chi connectivity index (χ1n) is 6.09. The molecule has 3 aliphatic rings. The lowest BCUT2D eigenvalue weighted by atomic mass is 9.59. The zero-order valence-corrected chi connectivity index (χ0v) is 10.1. The third kappa shape index (κ3) is 0.950. The van der Waals surface area contributed by atoms with Crippen LogP contribution in [-0.2, 0) is 14.3 Å². The Bertz CT molecular complexity index is 389. The van der Waals surface area contributed by atoms with Crippen molar-refractivity contribution in [1.29, 1.82) is 0 Å². The van der Waals surface area contributed by atoms with Crippen LogP contribution >= 0.6 is 0 Å². The van der Waals surface area contributed by atoms with Crippen LogP contribution in [0.3, 0.4) is 0 Å². The molecule has 1 unspecified atom stereocenters. The van der Waals surface area contributed by atoms with Crippen molar-refractivity contribution in [2.24, 2.45) is 22.7 Å². The zero-order valence-electron chi connectivity index (χ0n) is 10.1. The topological polar surface area (TPSA) is 43.4 Å². The highest BCUT2D eigenvalue weighted by Crippen LogP contribution is 2.67. The molecule has 4 bridgehead atoms. The maximum atomic E-state index is 11.9. The lowest BCUT2D eigenvalue weighted by Crippen LogP contribution is -2.47. The van der Waals surface area contributed by atoms with Gasteiger partial charge in [-0.2, -0.15) is 0 Å². The third-order valence-electron chi connectivity index (χ3n) is 5.28. The molecule has 3 heteroatoms. The van der Waals surface area contributed by atoms with E-state index in [0.717, 1.165) is 19.3 Å². The van der Waals surface area contributed by atoms with Crippen LogP contribution in [0.15, 0.2) is 0 Å². The van der Waals surface area contributed by atoms with E-state index in [-0.39, 0.29) is 40.5 Å². The van der Waals surface area contributed by atoms with Crippen molar-refractivity contribution in [2.75, 3.05) is 0 Å². The zero-order chi connectivity index (χ0) is 11.7. The molecule has 0 aromatic rings. The van der Waals surface area contributed by atoms with E-state index in [1.54, 1.807) is 6.92 Å². The van der Waals surface area contributed by atoms with Crippen molar-refractivity contribution in [3.8, 4) is 0 Å². The minimum atomic E-state index is -0.175. The lowest BCUT2D eigenvalue weighted by molar-refractivity contribution is -0.146. The molecule has 3 nitrogen and oxygen atoms in total. The normalized spacial score (nSPS) is 53.9. The average molecular weight is 222 g/mol. The van der Waals surface area contributed by atoms with Crippen molar-refractivity contribution >= 4 is 11.8 Å². The van der Waals surface area contributed by atoms with E-state index in [2.05, 4.69) is 13.8 Å². The van der Waals surface area contributed by atoms with Crippen molar-refractivity contribution in [3.63, 3.8) is 0 Å². The number of hydrogen-bond donors (Lipinski definition) is 0. The second kappa shape index (κ2) is 2.69. The SMILES string of the molecule is CC(=O)C1C[C@@]2(C)CC[C@@]3(C)[C@@H]1C(=O)O[C@H]23. The summed E-state index contributed by atoms with van der Waals surface area (Å²) in [6.45, 7) is 5.92. The van der Waals surface area contributed by atoms with E-state index in [1.807, 2.05) is 0 Å². The Balaban J connectivity index is 2.12. The molecule has 0 N–H and O–H groups in total. The minimum Gasteiger partial charge on any atom is -0.461 e. The Morgan fingerprint density at radius 2 is 2.06 bits per heavy atom. The van der Waals surface area contributed by atoms with Gasteiger partial charge in [0.05, 0.1) is 5.92 Å². The van der Waals surface area contributed by atoms with Crippen LogP contribution in [0.25, 0.3) is 0 Å². The molecule has 2 aliphatic carbocycles. The second-order valence-corrected chi connectivity index (χ2v) is 6.38. The standard InChI is InChI=1S/C13H18O3/c1-7(14)8-6-12(2)4-5-13(3)9(8)10(15)16-11(12)13/h8-9,11H,4-6H2,1-3H3/t8?,9-,11+,12+,13-/m0/s1. The Morgan fingerprint density at radius 3 is 2.69 bits per heavy atom. The summed E-state index contributed by atoms with van der Waals surface area (Å²) in [5.74, 6) is -0.257. The van der Waals surface area contributed by atoms with Gasteiger partial charge in [0.15, 0.2) is 0 Å². The number of ketones is 1. The summed E-state index contributed by atoms with van der Waals surface area (Å²) in [4.78, 5) is 23.7. The molecule has 88 valence electrons. The van der Waals surface area contributed by atoms with Gasteiger partial charge in [0.2, 0.25) is 0 Å². The summed E-state index contributed by atoms with van der Waals surface area (Å²) in [5, 5.41) is 0. The van der Waals surface area contributed by atoms with Gasteiger partial charge in [0.1, 0.15) is 11.9 Å². The maximum absolute atomic E-state index is 11.9. The first kappa shape index (κ1) is 10.3. The van der Waals surface area contributed by atoms with E-state index < -0.39 is 0 Å². The molecule has 1 aliphatic heterocycles. The van der Waals surface area contributed by atoms with Gasteiger partial charge in [-0.25, -0.2) is 0 Å². The minimum absolute atomic E-state index is 0.0355. The van der Waals surface area contributed by atoms with Crippen LogP contribution in [0.5, 0.6) is 0 Å². The van der Waals surface area contributed by atoms with Crippen LogP contribution in [0.4, 0.5) is 0 Å². The summed E-state index contributed by atoms with van der Waals surface area (Å²) < 4.78 is 5.57. The number of carbonyl (C=O) groups excluding carboxylic acids is 2. The van der Waals surface area contributed by atoms with Gasteiger partial charge < -0.3 is 4.74 Å². The van der Waals surface area contributed by atoms with E-state index in [4.69, 9.17) is 4.74 Å². The molecule has 0 aromatic carbocycles. The summed E-state index contributed by atoms with van der Waals surface area (Å²) in [7, 11) is 0.